The van der Waals surface area contributed by atoms with Crippen molar-refractivity contribution in [3.63, 3.8) is 0 Å². The second-order valence-electron chi connectivity index (χ2n) is 7.94. The van der Waals surface area contributed by atoms with Crippen molar-refractivity contribution in [3.05, 3.63) is 65.2 Å². The van der Waals surface area contributed by atoms with Crippen molar-refractivity contribution >= 4 is 17.3 Å². The molecule has 0 spiro atoms. The average molecular weight is 507 g/mol. The minimum Gasteiger partial charge on any atom is -1.00 e. The van der Waals surface area contributed by atoms with Gasteiger partial charge in [-0.15, -0.1) is 0 Å². The number of halogens is 5. The van der Waals surface area contributed by atoms with Gasteiger partial charge < -0.3 is 39.7 Å². The van der Waals surface area contributed by atoms with Gasteiger partial charge in [-0.1, -0.05) is 36.0 Å². The lowest BCUT2D eigenvalue weighted by Gasteiger charge is -2.29. The second kappa shape index (κ2) is 11.8. The molecule has 0 radical (unpaired) electrons. The molecule has 2 aliphatic rings. The van der Waals surface area contributed by atoms with Crippen molar-refractivity contribution in [3.8, 4) is 0 Å². The molecule has 2 aromatic carbocycles. The first-order chi connectivity index (χ1) is 14.5. The Labute approximate surface area is 203 Å². The summed E-state index contributed by atoms with van der Waals surface area (Å²) in [5, 5.41) is 9.09. The van der Waals surface area contributed by atoms with Gasteiger partial charge in [-0.05, 0) is 41.0 Å². The highest BCUT2D eigenvalue weighted by Crippen LogP contribution is 2.46. The Morgan fingerprint density at radius 1 is 0.875 bits per heavy atom. The molecule has 0 aromatic heterocycles. The van der Waals surface area contributed by atoms with Crippen LogP contribution in [0.3, 0.4) is 0 Å². The molecule has 0 atom stereocenters. The van der Waals surface area contributed by atoms with E-state index in [2.05, 4.69) is 6.08 Å². The summed E-state index contributed by atoms with van der Waals surface area (Å²) < 4.78 is 39.9. The predicted octanol–water partition coefficient (Wildman–Crippen LogP) is -4.22. The van der Waals surface area contributed by atoms with Crippen LogP contribution in [0, 0.1) is 0 Å². The van der Waals surface area contributed by atoms with E-state index in [9.17, 15) is 13.2 Å². The van der Waals surface area contributed by atoms with E-state index < -0.39 is 11.7 Å². The molecule has 4 rings (SSSR count). The molecular formula is C23H27Cl2F3N2OS. The lowest BCUT2D eigenvalue weighted by Crippen LogP contribution is -3.28. The number of aliphatic hydroxyl groups excluding tert-OH is 1. The highest BCUT2D eigenvalue weighted by atomic mass is 35.5. The van der Waals surface area contributed by atoms with Crippen LogP contribution in [0.1, 0.15) is 23.1 Å². The number of hydrogen-bond acceptors (Lipinski definition) is 2. The normalized spacial score (nSPS) is 21.2. The van der Waals surface area contributed by atoms with Gasteiger partial charge in [0.05, 0.1) is 18.7 Å². The maximum atomic E-state index is 13.3. The molecular weight excluding hydrogens is 480 g/mol. The third-order valence-electron chi connectivity index (χ3n) is 5.97. The van der Waals surface area contributed by atoms with Crippen molar-refractivity contribution in [1.29, 1.82) is 0 Å². The number of piperazine rings is 1. The van der Waals surface area contributed by atoms with Crippen molar-refractivity contribution < 1.29 is 52.9 Å². The largest absolute Gasteiger partial charge is 1.00 e. The van der Waals surface area contributed by atoms with E-state index >= 15 is 0 Å². The highest BCUT2D eigenvalue weighted by molar-refractivity contribution is 7.99. The number of rotatable bonds is 5. The van der Waals surface area contributed by atoms with Gasteiger partial charge in [-0.2, -0.15) is 13.2 Å². The number of hydrogen-bond donors (Lipinski definition) is 3. The van der Waals surface area contributed by atoms with Gasteiger partial charge in [0, 0.05) is 16.2 Å². The maximum Gasteiger partial charge on any atom is 0.416 e. The monoisotopic (exact) mass is 506 g/mol. The van der Waals surface area contributed by atoms with Gasteiger partial charge in [-0.25, -0.2) is 0 Å². The molecule has 0 unspecified atom stereocenters. The summed E-state index contributed by atoms with van der Waals surface area (Å²) >= 11 is 1.54. The first kappa shape index (κ1) is 27.0. The predicted molar refractivity (Wildman–Crippen MR) is 112 cm³/mol. The SMILES string of the molecule is OCC[NH+]1CC[NH+](CC/C=C2/c3ccccc3Sc3ccc(C(F)(F)F)cc32)CC1.[Cl-].[Cl-]. The molecule has 0 saturated carbocycles. The minimum atomic E-state index is -4.34. The van der Waals surface area contributed by atoms with E-state index in [1.54, 1.807) is 6.07 Å². The number of alkyl halides is 3. The molecule has 2 aliphatic heterocycles. The molecule has 3 nitrogen and oxygen atoms in total. The van der Waals surface area contributed by atoms with Gasteiger partial charge in [-0.3, -0.25) is 0 Å². The summed E-state index contributed by atoms with van der Waals surface area (Å²) in [6.45, 7) is 6.27. The second-order valence-corrected chi connectivity index (χ2v) is 9.02. The Hall–Kier alpha value is -1.22. The van der Waals surface area contributed by atoms with Crippen molar-refractivity contribution in [2.75, 3.05) is 45.9 Å². The van der Waals surface area contributed by atoms with Crippen LogP contribution in [0.4, 0.5) is 13.2 Å². The van der Waals surface area contributed by atoms with E-state index in [4.69, 9.17) is 5.11 Å². The van der Waals surface area contributed by atoms with E-state index in [1.165, 1.54) is 33.7 Å². The fourth-order valence-electron chi connectivity index (χ4n) is 4.30. The molecule has 0 aliphatic carbocycles. The van der Waals surface area contributed by atoms with E-state index in [1.807, 2.05) is 24.3 Å². The van der Waals surface area contributed by atoms with Gasteiger partial charge in [0.1, 0.15) is 32.7 Å². The summed E-state index contributed by atoms with van der Waals surface area (Å²) in [5.41, 5.74) is 2.01. The van der Waals surface area contributed by atoms with Gasteiger partial charge in [0.15, 0.2) is 0 Å². The summed E-state index contributed by atoms with van der Waals surface area (Å²) in [6, 6.07) is 12.0. The van der Waals surface area contributed by atoms with Crippen molar-refractivity contribution in [1.82, 2.24) is 0 Å². The molecule has 2 aromatic rings. The van der Waals surface area contributed by atoms with E-state index in [0.29, 0.717) is 5.56 Å². The molecule has 0 bridgehead atoms. The van der Waals surface area contributed by atoms with Gasteiger partial charge >= 0.3 is 6.18 Å². The molecule has 176 valence electrons. The molecule has 32 heavy (non-hydrogen) atoms. The smallest absolute Gasteiger partial charge is 0.416 e. The topological polar surface area (TPSA) is 29.1 Å². The van der Waals surface area contributed by atoms with Crippen LogP contribution >= 0.6 is 11.8 Å². The molecule has 9 heteroatoms. The first-order valence-corrected chi connectivity index (χ1v) is 11.2. The van der Waals surface area contributed by atoms with Crippen LogP contribution < -0.4 is 34.6 Å². The number of benzene rings is 2. The lowest BCUT2D eigenvalue weighted by molar-refractivity contribution is -1.01. The van der Waals surface area contributed by atoms with Crippen LogP contribution in [0.15, 0.2) is 58.3 Å². The molecule has 1 fully saturated rings. The molecule has 2 heterocycles. The summed E-state index contributed by atoms with van der Waals surface area (Å²) in [4.78, 5) is 4.94. The molecule has 1 saturated heterocycles. The number of nitrogens with one attached hydrogen (secondary N) is 2. The van der Waals surface area contributed by atoms with E-state index in [0.717, 1.165) is 66.6 Å². The highest BCUT2D eigenvalue weighted by Gasteiger charge is 2.32. The Morgan fingerprint density at radius 2 is 1.50 bits per heavy atom. The Kier molecular flexibility index (Phi) is 9.94. The summed E-state index contributed by atoms with van der Waals surface area (Å²) in [5.74, 6) is 0. The van der Waals surface area contributed by atoms with Crippen LogP contribution in [0.5, 0.6) is 0 Å². The fraction of sp³-hybridized carbons (Fsp3) is 0.391. The third-order valence-corrected chi connectivity index (χ3v) is 7.12. The standard InChI is InChI=1S/C23H25F3N2OS.2ClH/c24-23(25,26)17-7-8-22-20(16-17)18(19-4-1-2-6-21(19)30-22)5-3-9-27-10-12-28(13-11-27)14-15-29;;/h1-2,4-8,16,29H,3,9-15H2;2*1H/b18-5-;;. The minimum absolute atomic E-state index is 0. The zero-order valence-electron chi connectivity index (χ0n) is 17.5. The third kappa shape index (κ3) is 6.22. The Bertz CT molecular complexity index is 932. The van der Waals surface area contributed by atoms with Gasteiger partial charge in [0.25, 0.3) is 0 Å². The lowest BCUT2D eigenvalue weighted by atomic mass is 9.94. The van der Waals surface area contributed by atoms with Crippen LogP contribution in [0.25, 0.3) is 5.57 Å². The fourth-order valence-corrected chi connectivity index (χ4v) is 5.39. The number of quaternary nitrogens is 2. The molecule has 3 N–H and O–H groups in total. The van der Waals surface area contributed by atoms with E-state index in [-0.39, 0.29) is 31.4 Å². The maximum absolute atomic E-state index is 13.3. The van der Waals surface area contributed by atoms with Gasteiger partial charge in [0.2, 0.25) is 0 Å². The number of aliphatic hydroxyl groups is 1. The number of fused-ring (bicyclic) bond motifs is 2. The molecule has 0 amide bonds. The Balaban J connectivity index is 0.00000181. The zero-order valence-corrected chi connectivity index (χ0v) is 19.8. The summed E-state index contributed by atoms with van der Waals surface area (Å²) in [6.07, 6.45) is -1.39. The zero-order chi connectivity index (χ0) is 21.1. The first-order valence-electron chi connectivity index (χ1n) is 10.4. The quantitative estimate of drug-likeness (QED) is 0.327. The Morgan fingerprint density at radius 3 is 2.16 bits per heavy atom. The van der Waals surface area contributed by atoms with Crippen molar-refractivity contribution in [2.24, 2.45) is 0 Å². The van der Waals surface area contributed by atoms with Crippen molar-refractivity contribution in [2.45, 2.75) is 22.4 Å². The van der Waals surface area contributed by atoms with Crippen LogP contribution in [-0.2, 0) is 6.18 Å². The van der Waals surface area contributed by atoms with Crippen LogP contribution in [-0.4, -0.2) is 51.0 Å². The van der Waals surface area contributed by atoms with Crippen LogP contribution in [0.2, 0.25) is 0 Å². The summed E-state index contributed by atoms with van der Waals surface area (Å²) in [7, 11) is 0. The average Bonchev–Trinajstić information content (AvgIpc) is 2.73.